The third kappa shape index (κ3) is 0.622. The minimum atomic E-state index is 1.03. The van der Waals surface area contributed by atoms with E-state index >= 15 is 0 Å². The minimum absolute atomic E-state index is 1.03. The molecule has 9 heavy (non-hydrogen) atoms. The molecule has 2 rings (SSSR count). The summed E-state index contributed by atoms with van der Waals surface area (Å²) in [7, 11) is 0. The molecule has 0 amide bonds. The molecule has 0 aromatic rings. The van der Waals surface area contributed by atoms with Crippen LogP contribution in [0.15, 0.2) is 36.3 Å². The van der Waals surface area contributed by atoms with Crippen molar-refractivity contribution < 1.29 is 0 Å². The van der Waals surface area contributed by atoms with E-state index in [-0.39, 0.29) is 0 Å². The maximum Gasteiger partial charge on any atom is 0.0804 e. The van der Waals surface area contributed by atoms with Gasteiger partial charge in [0.15, 0.2) is 0 Å². The van der Waals surface area contributed by atoms with Crippen LogP contribution in [0.5, 0.6) is 0 Å². The molecule has 44 valence electrons. The van der Waals surface area contributed by atoms with Crippen molar-refractivity contribution in [3.05, 3.63) is 36.3 Å². The Morgan fingerprint density at radius 3 is 3.22 bits per heavy atom. The molecule has 0 N–H and O–H groups in total. The summed E-state index contributed by atoms with van der Waals surface area (Å²) >= 11 is 0. The van der Waals surface area contributed by atoms with E-state index < -0.39 is 0 Å². The molecule has 2 aliphatic heterocycles. The quantitative estimate of drug-likeness (QED) is 0.450. The number of hydrogen-bond donors (Lipinski definition) is 0. The fraction of sp³-hybridized carbons (Fsp3) is 0. The second kappa shape index (κ2) is 1.63. The zero-order valence-corrected chi connectivity index (χ0v) is 4.73. The highest BCUT2D eigenvalue weighted by molar-refractivity contribution is 5.27. The Morgan fingerprint density at radius 2 is 2.33 bits per heavy atom. The van der Waals surface area contributed by atoms with Crippen molar-refractivity contribution >= 4 is 0 Å². The van der Waals surface area contributed by atoms with E-state index in [1.165, 1.54) is 0 Å². The van der Waals surface area contributed by atoms with Gasteiger partial charge in [-0.3, -0.25) is 0 Å². The zero-order chi connectivity index (χ0) is 6.10. The molecule has 0 aromatic heterocycles. The summed E-state index contributed by atoms with van der Waals surface area (Å²) in [5, 5.41) is 1.72. The molecular formula is C6H5N3. The predicted octanol–water partition coefficient (Wildman–Crippen LogP) is 0.266. The number of allylic oxidation sites excluding steroid dienone is 3. The Labute approximate surface area is 53.3 Å². The van der Waals surface area contributed by atoms with Gasteiger partial charge >= 0.3 is 0 Å². The summed E-state index contributed by atoms with van der Waals surface area (Å²) in [4.78, 5) is 0. The maximum atomic E-state index is 3.79. The average molecular weight is 119 g/mol. The van der Waals surface area contributed by atoms with Crippen LogP contribution >= 0.6 is 0 Å². The van der Waals surface area contributed by atoms with Gasteiger partial charge in [0.2, 0.25) is 0 Å². The average Bonchev–Trinajstić information content (AvgIpc) is 2.33. The highest BCUT2D eigenvalue weighted by Crippen LogP contribution is 2.12. The van der Waals surface area contributed by atoms with E-state index in [1.54, 1.807) is 11.2 Å². The first-order valence-electron chi connectivity index (χ1n) is 2.72. The van der Waals surface area contributed by atoms with Crippen molar-refractivity contribution in [1.82, 2.24) is 16.0 Å². The van der Waals surface area contributed by atoms with Gasteiger partial charge in [-0.25, -0.2) is 5.01 Å². The van der Waals surface area contributed by atoms with Crippen molar-refractivity contribution in [2.75, 3.05) is 0 Å². The first-order chi connectivity index (χ1) is 4.47. The molecule has 0 atom stereocenters. The van der Waals surface area contributed by atoms with Crippen LogP contribution in [0.2, 0.25) is 0 Å². The summed E-state index contributed by atoms with van der Waals surface area (Å²) in [6.07, 6.45) is 9.42. The SMILES string of the molecule is C1=CC2=C[N][N]N2C=C1. The molecule has 0 aliphatic carbocycles. The maximum absolute atomic E-state index is 3.79. The number of rotatable bonds is 0. The predicted molar refractivity (Wildman–Crippen MR) is 32.5 cm³/mol. The standard InChI is InChI=1S/C6H5N3/c1-2-4-9-6(3-1)5-7-8-9/h1-5H. The van der Waals surface area contributed by atoms with Gasteiger partial charge in [-0.05, 0) is 12.2 Å². The van der Waals surface area contributed by atoms with Gasteiger partial charge in [0.1, 0.15) is 0 Å². The van der Waals surface area contributed by atoms with Crippen molar-refractivity contribution in [3.63, 3.8) is 0 Å². The molecule has 3 nitrogen and oxygen atoms in total. The molecule has 3 heteroatoms. The van der Waals surface area contributed by atoms with Crippen LogP contribution in [0.3, 0.4) is 0 Å². The van der Waals surface area contributed by atoms with E-state index in [2.05, 4.69) is 11.0 Å². The summed E-state index contributed by atoms with van der Waals surface area (Å²) in [6, 6.07) is 0. The third-order valence-corrected chi connectivity index (χ3v) is 1.21. The second-order valence-corrected chi connectivity index (χ2v) is 1.80. The van der Waals surface area contributed by atoms with Gasteiger partial charge in [0.05, 0.1) is 11.9 Å². The van der Waals surface area contributed by atoms with Crippen LogP contribution in [0, 0.1) is 0 Å². The topological polar surface area (TPSA) is 31.4 Å². The van der Waals surface area contributed by atoms with Crippen molar-refractivity contribution in [2.45, 2.75) is 0 Å². The number of fused-ring (bicyclic) bond motifs is 1. The van der Waals surface area contributed by atoms with Gasteiger partial charge in [-0.1, -0.05) is 6.08 Å². The number of hydrogen-bond acceptors (Lipinski definition) is 1. The highest BCUT2D eigenvalue weighted by Gasteiger charge is 2.12. The van der Waals surface area contributed by atoms with Gasteiger partial charge in [-0.15, -0.1) is 0 Å². The first-order valence-corrected chi connectivity index (χ1v) is 2.72. The monoisotopic (exact) mass is 119 g/mol. The van der Waals surface area contributed by atoms with Crippen LogP contribution < -0.4 is 11.0 Å². The Morgan fingerprint density at radius 1 is 1.33 bits per heavy atom. The fourth-order valence-corrected chi connectivity index (χ4v) is 0.772. The Kier molecular flexibility index (Phi) is 0.841. The molecule has 0 saturated carbocycles. The lowest BCUT2D eigenvalue weighted by Gasteiger charge is -2.11. The van der Waals surface area contributed by atoms with E-state index in [4.69, 9.17) is 0 Å². The van der Waals surface area contributed by atoms with Gasteiger partial charge in [0.25, 0.3) is 0 Å². The van der Waals surface area contributed by atoms with Crippen molar-refractivity contribution in [3.8, 4) is 0 Å². The zero-order valence-electron chi connectivity index (χ0n) is 4.73. The summed E-state index contributed by atoms with van der Waals surface area (Å²) in [5.41, 5.74) is 8.53. The highest BCUT2D eigenvalue weighted by atomic mass is 15.7. The van der Waals surface area contributed by atoms with Crippen LogP contribution in [0.4, 0.5) is 0 Å². The smallest absolute Gasteiger partial charge is 0.0804 e. The lowest BCUT2D eigenvalue weighted by Crippen LogP contribution is -2.22. The van der Waals surface area contributed by atoms with E-state index in [0.29, 0.717) is 0 Å². The fourth-order valence-electron chi connectivity index (χ4n) is 0.772. The molecule has 0 fully saturated rings. The molecule has 0 unspecified atom stereocenters. The van der Waals surface area contributed by atoms with Crippen molar-refractivity contribution in [1.29, 1.82) is 0 Å². The Balaban J connectivity index is 2.33. The first kappa shape index (κ1) is 4.64. The van der Waals surface area contributed by atoms with Gasteiger partial charge in [-0.2, -0.15) is 5.43 Å². The third-order valence-electron chi connectivity index (χ3n) is 1.21. The molecule has 2 aliphatic rings. The molecule has 2 radical (unpaired) electrons. The minimum Gasteiger partial charge on any atom is -0.243 e. The van der Waals surface area contributed by atoms with Crippen LogP contribution in [0.25, 0.3) is 0 Å². The van der Waals surface area contributed by atoms with Gasteiger partial charge in [0, 0.05) is 11.7 Å². The summed E-state index contributed by atoms with van der Waals surface area (Å²) in [5.74, 6) is 0. The molecular weight excluding hydrogens is 114 g/mol. The van der Waals surface area contributed by atoms with Crippen LogP contribution in [0.1, 0.15) is 0 Å². The molecule has 0 spiro atoms. The second-order valence-electron chi connectivity index (χ2n) is 1.80. The number of nitrogens with zero attached hydrogens (tertiary/aromatic N) is 3. The normalized spacial score (nSPS) is 21.3. The van der Waals surface area contributed by atoms with Crippen LogP contribution in [-0.2, 0) is 0 Å². The largest absolute Gasteiger partial charge is 0.243 e. The summed E-state index contributed by atoms with van der Waals surface area (Å²) < 4.78 is 0. The van der Waals surface area contributed by atoms with Crippen LogP contribution in [-0.4, -0.2) is 5.01 Å². The van der Waals surface area contributed by atoms with E-state index in [0.717, 1.165) is 5.70 Å². The van der Waals surface area contributed by atoms with Crippen molar-refractivity contribution in [2.24, 2.45) is 0 Å². The molecule has 0 saturated heterocycles. The lowest BCUT2D eigenvalue weighted by atomic mass is 10.3. The Hall–Kier alpha value is -1.22. The molecule has 0 aromatic carbocycles. The summed E-state index contributed by atoms with van der Waals surface area (Å²) in [6.45, 7) is 0. The Bertz CT molecular complexity index is 200. The van der Waals surface area contributed by atoms with E-state index in [1.807, 2.05) is 24.4 Å². The lowest BCUT2D eigenvalue weighted by molar-refractivity contribution is 0.333. The molecule has 0 bridgehead atoms. The van der Waals surface area contributed by atoms with E-state index in [9.17, 15) is 0 Å². The molecule has 2 heterocycles. The van der Waals surface area contributed by atoms with Gasteiger partial charge < -0.3 is 0 Å².